The number of pyridine rings is 1. The predicted octanol–water partition coefficient (Wildman–Crippen LogP) is 2.53. The average Bonchev–Trinajstić information content (AvgIpc) is 3.11. The first-order valence-corrected chi connectivity index (χ1v) is 7.81. The lowest BCUT2D eigenvalue weighted by atomic mass is 10.1. The van der Waals surface area contributed by atoms with E-state index in [1.54, 1.807) is 6.20 Å². The van der Waals surface area contributed by atoms with E-state index in [2.05, 4.69) is 10.3 Å². The molecule has 2 heterocycles. The highest BCUT2D eigenvalue weighted by atomic mass is 16.2. The third-order valence-corrected chi connectivity index (χ3v) is 4.01. The molecule has 0 saturated carbocycles. The summed E-state index contributed by atoms with van der Waals surface area (Å²) in [6.07, 6.45) is 3.98. The van der Waals surface area contributed by atoms with Gasteiger partial charge in [0.2, 0.25) is 5.91 Å². The number of nitrogens with zero attached hydrogens (tertiary/aromatic N) is 2. The Morgan fingerprint density at radius 1 is 1.09 bits per heavy atom. The van der Waals surface area contributed by atoms with Crippen LogP contribution in [0.3, 0.4) is 0 Å². The Kier molecular flexibility index (Phi) is 4.81. The van der Waals surface area contributed by atoms with Crippen molar-refractivity contribution in [2.45, 2.75) is 25.4 Å². The van der Waals surface area contributed by atoms with Gasteiger partial charge in [0, 0.05) is 25.8 Å². The van der Waals surface area contributed by atoms with Gasteiger partial charge in [-0.05, 0) is 30.5 Å². The van der Waals surface area contributed by atoms with Crippen molar-refractivity contribution in [2.24, 2.45) is 0 Å². The zero-order valence-electron chi connectivity index (χ0n) is 12.6. The first kappa shape index (κ1) is 14.7. The van der Waals surface area contributed by atoms with Crippen LogP contribution in [-0.4, -0.2) is 28.9 Å². The van der Waals surface area contributed by atoms with Gasteiger partial charge in [0.05, 0.1) is 5.69 Å². The van der Waals surface area contributed by atoms with Gasteiger partial charge in [0.15, 0.2) is 0 Å². The topological polar surface area (TPSA) is 45.2 Å². The van der Waals surface area contributed by atoms with Crippen molar-refractivity contribution in [3.63, 3.8) is 0 Å². The highest BCUT2D eigenvalue weighted by Crippen LogP contribution is 2.19. The number of hydrogen-bond donors (Lipinski definition) is 1. The molecule has 1 N–H and O–H groups in total. The summed E-state index contributed by atoms with van der Waals surface area (Å²) in [5.74, 6) is 0.166. The van der Waals surface area contributed by atoms with Crippen LogP contribution in [-0.2, 0) is 11.3 Å². The van der Waals surface area contributed by atoms with Gasteiger partial charge >= 0.3 is 0 Å². The Morgan fingerprint density at radius 2 is 1.82 bits per heavy atom. The van der Waals surface area contributed by atoms with Crippen LogP contribution in [0, 0.1) is 0 Å². The van der Waals surface area contributed by atoms with E-state index in [1.165, 1.54) is 0 Å². The van der Waals surface area contributed by atoms with Gasteiger partial charge in [-0.3, -0.25) is 15.1 Å². The number of likely N-dealkylation sites (tertiary alicyclic amines) is 1. The summed E-state index contributed by atoms with van der Waals surface area (Å²) in [6.45, 7) is 2.32. The molecular weight excluding hydrogens is 274 g/mol. The van der Waals surface area contributed by atoms with E-state index in [1.807, 2.05) is 53.4 Å². The largest absolute Gasteiger partial charge is 0.341 e. The summed E-state index contributed by atoms with van der Waals surface area (Å²) in [5, 5.41) is 3.38. The maximum absolute atomic E-state index is 12.8. The van der Waals surface area contributed by atoms with Crippen LogP contribution < -0.4 is 5.32 Å². The predicted molar refractivity (Wildman–Crippen MR) is 86.1 cm³/mol. The lowest BCUT2D eigenvalue weighted by molar-refractivity contribution is -0.132. The molecule has 1 aromatic heterocycles. The summed E-state index contributed by atoms with van der Waals surface area (Å²) in [5.41, 5.74) is 1.95. The fourth-order valence-corrected chi connectivity index (χ4v) is 2.82. The Morgan fingerprint density at radius 3 is 2.50 bits per heavy atom. The lowest BCUT2D eigenvalue weighted by Crippen LogP contribution is -2.39. The number of amides is 1. The minimum absolute atomic E-state index is 0.166. The summed E-state index contributed by atoms with van der Waals surface area (Å²) in [6, 6.07) is 15.5. The second-order valence-electron chi connectivity index (χ2n) is 5.58. The standard InChI is InChI=1S/C18H21N3O/c22-18(21-12-6-7-13-21)17(15-8-2-1-3-9-15)20-14-16-10-4-5-11-19-16/h1-5,8-11,17,20H,6-7,12-14H2. The van der Waals surface area contributed by atoms with Gasteiger partial charge in [-0.15, -0.1) is 0 Å². The van der Waals surface area contributed by atoms with Crippen molar-refractivity contribution >= 4 is 5.91 Å². The van der Waals surface area contributed by atoms with Crippen molar-refractivity contribution in [1.29, 1.82) is 0 Å². The van der Waals surface area contributed by atoms with Gasteiger partial charge in [-0.25, -0.2) is 0 Å². The van der Waals surface area contributed by atoms with E-state index in [9.17, 15) is 4.79 Å². The van der Waals surface area contributed by atoms with Crippen molar-refractivity contribution < 1.29 is 4.79 Å². The Balaban J connectivity index is 1.75. The molecule has 0 aliphatic carbocycles. The minimum atomic E-state index is -0.304. The molecule has 1 atom stereocenters. The zero-order valence-corrected chi connectivity index (χ0v) is 12.6. The molecule has 1 aliphatic rings. The molecule has 0 bridgehead atoms. The van der Waals surface area contributed by atoms with E-state index in [0.717, 1.165) is 37.2 Å². The monoisotopic (exact) mass is 295 g/mol. The first-order valence-electron chi connectivity index (χ1n) is 7.81. The normalized spacial score (nSPS) is 15.7. The molecule has 2 aromatic rings. The van der Waals surface area contributed by atoms with Gasteiger partial charge in [-0.1, -0.05) is 36.4 Å². The van der Waals surface area contributed by atoms with Crippen LogP contribution >= 0.6 is 0 Å². The molecule has 0 spiro atoms. The highest BCUT2D eigenvalue weighted by molar-refractivity contribution is 5.83. The highest BCUT2D eigenvalue weighted by Gasteiger charge is 2.27. The quantitative estimate of drug-likeness (QED) is 0.922. The Labute approximate surface area is 131 Å². The SMILES string of the molecule is O=C(C(NCc1ccccn1)c1ccccc1)N1CCCC1. The second kappa shape index (κ2) is 7.18. The van der Waals surface area contributed by atoms with Crippen molar-refractivity contribution in [1.82, 2.24) is 15.2 Å². The molecule has 1 amide bonds. The molecular formula is C18H21N3O. The second-order valence-corrected chi connectivity index (χ2v) is 5.58. The minimum Gasteiger partial charge on any atom is -0.341 e. The van der Waals surface area contributed by atoms with Crippen molar-refractivity contribution in [3.05, 3.63) is 66.0 Å². The molecule has 1 aliphatic heterocycles. The van der Waals surface area contributed by atoms with Crippen LogP contribution in [0.25, 0.3) is 0 Å². The van der Waals surface area contributed by atoms with Gasteiger partial charge in [0.25, 0.3) is 0 Å². The number of rotatable bonds is 5. The fourth-order valence-electron chi connectivity index (χ4n) is 2.82. The summed E-state index contributed by atoms with van der Waals surface area (Å²) >= 11 is 0. The smallest absolute Gasteiger partial charge is 0.244 e. The van der Waals surface area contributed by atoms with Crippen LogP contribution in [0.15, 0.2) is 54.7 Å². The molecule has 4 nitrogen and oxygen atoms in total. The van der Waals surface area contributed by atoms with Gasteiger partial charge < -0.3 is 4.90 Å². The third-order valence-electron chi connectivity index (χ3n) is 4.01. The van der Waals surface area contributed by atoms with E-state index in [0.29, 0.717) is 6.54 Å². The van der Waals surface area contributed by atoms with E-state index >= 15 is 0 Å². The van der Waals surface area contributed by atoms with E-state index in [4.69, 9.17) is 0 Å². The number of aromatic nitrogens is 1. The van der Waals surface area contributed by atoms with Gasteiger partial charge in [0.1, 0.15) is 6.04 Å². The molecule has 3 rings (SSSR count). The Hall–Kier alpha value is -2.20. The fraction of sp³-hybridized carbons (Fsp3) is 0.333. The van der Waals surface area contributed by atoms with Crippen LogP contribution in [0.4, 0.5) is 0 Å². The van der Waals surface area contributed by atoms with Gasteiger partial charge in [-0.2, -0.15) is 0 Å². The van der Waals surface area contributed by atoms with E-state index in [-0.39, 0.29) is 11.9 Å². The number of carbonyl (C=O) groups is 1. The summed E-state index contributed by atoms with van der Waals surface area (Å²) in [4.78, 5) is 19.1. The number of carbonyl (C=O) groups excluding carboxylic acids is 1. The number of hydrogen-bond acceptors (Lipinski definition) is 3. The molecule has 1 unspecified atom stereocenters. The molecule has 1 fully saturated rings. The first-order chi connectivity index (χ1) is 10.8. The van der Waals surface area contributed by atoms with Crippen LogP contribution in [0.5, 0.6) is 0 Å². The van der Waals surface area contributed by atoms with E-state index < -0.39 is 0 Å². The van der Waals surface area contributed by atoms with Crippen molar-refractivity contribution in [3.8, 4) is 0 Å². The molecule has 22 heavy (non-hydrogen) atoms. The lowest BCUT2D eigenvalue weighted by Gasteiger charge is -2.24. The van der Waals surface area contributed by atoms with Crippen molar-refractivity contribution in [2.75, 3.05) is 13.1 Å². The maximum atomic E-state index is 12.8. The molecule has 1 aromatic carbocycles. The van der Waals surface area contributed by atoms with Crippen LogP contribution in [0.1, 0.15) is 30.1 Å². The molecule has 114 valence electrons. The number of benzene rings is 1. The zero-order chi connectivity index (χ0) is 15.2. The molecule has 1 saturated heterocycles. The summed E-state index contributed by atoms with van der Waals surface area (Å²) in [7, 11) is 0. The maximum Gasteiger partial charge on any atom is 0.244 e. The number of nitrogens with one attached hydrogen (secondary N) is 1. The third kappa shape index (κ3) is 3.52. The average molecular weight is 295 g/mol. The molecule has 0 radical (unpaired) electrons. The van der Waals surface area contributed by atoms with Crippen LogP contribution in [0.2, 0.25) is 0 Å². The Bertz CT molecular complexity index is 594. The summed E-state index contributed by atoms with van der Waals surface area (Å²) < 4.78 is 0. The molecule has 4 heteroatoms.